The van der Waals surface area contributed by atoms with Gasteiger partial charge in [-0.25, -0.2) is 9.97 Å². The second kappa shape index (κ2) is 56.7. The number of hydrogen-bond acceptors (Lipinski definition) is 28. The number of benzene rings is 2. The highest BCUT2D eigenvalue weighted by molar-refractivity contribution is 6.47. The quantitative estimate of drug-likeness (QED) is 0.0136. The molecule has 0 saturated carbocycles. The second-order valence-electron chi connectivity index (χ2n) is 29.2. The molecule has 0 amide bonds. The van der Waals surface area contributed by atoms with Gasteiger partial charge in [0.1, 0.15) is 23.0 Å². The number of nitrogens with zero attached hydrogens (tertiary/aromatic N) is 12. The summed E-state index contributed by atoms with van der Waals surface area (Å²) in [6.45, 7) is 39.1. The SMILES string of the molecule is CCN(CCN(CCN(CCCOc1cc(OCCCN(CCN(CCN(CC)B(C)O)B(C)O)B(C)O)cc(-c2cc(-c3ccccn3)nc(-c3ccccn3)c2)c1)B(C)O)B(C)O)B(C)O.CCNCCNCCNCCCOc1cc(OCCCNCCNCCNCC)cc(-c2cc(-c3ccccn3)nc(-c3ccccn3)c2)c1. The van der Waals surface area contributed by atoms with Crippen molar-refractivity contribution >= 4 is 42.3 Å². The van der Waals surface area contributed by atoms with Crippen LogP contribution in [0.25, 0.3) is 67.8 Å². The third kappa shape index (κ3) is 36.7. The summed E-state index contributed by atoms with van der Waals surface area (Å²) in [5.41, 5.74) is 9.67. The summed E-state index contributed by atoms with van der Waals surface area (Å²) in [4.78, 5) is 39.9. The molecule has 6 heterocycles. The fourth-order valence-electron chi connectivity index (χ4n) is 13.2. The van der Waals surface area contributed by atoms with Crippen molar-refractivity contribution in [1.82, 2.24) is 90.7 Å². The molecule has 0 spiro atoms. The Morgan fingerprint density at radius 1 is 0.271 bits per heavy atom. The summed E-state index contributed by atoms with van der Waals surface area (Å²) in [5, 5.41) is 83.2. The van der Waals surface area contributed by atoms with E-state index >= 15 is 0 Å². The molecule has 2 aromatic carbocycles. The second-order valence-corrected chi connectivity index (χ2v) is 29.2. The van der Waals surface area contributed by atoms with Gasteiger partial charge >= 0.3 is 42.3 Å². The first-order valence-electron chi connectivity index (χ1n) is 42.6. The molecular formula is C84H132B6N18O10. The van der Waals surface area contributed by atoms with Gasteiger partial charge in [-0.1, -0.05) is 52.0 Å². The van der Waals surface area contributed by atoms with E-state index in [-0.39, 0.29) is 0 Å². The normalized spacial score (nSPS) is 11.4. The lowest BCUT2D eigenvalue weighted by molar-refractivity contribution is 0.251. The largest absolute Gasteiger partial charge is 0.493 e. The summed E-state index contributed by atoms with van der Waals surface area (Å²) < 4.78 is 25.5. The van der Waals surface area contributed by atoms with Gasteiger partial charge in [-0.3, -0.25) is 19.9 Å². The molecule has 34 heteroatoms. The summed E-state index contributed by atoms with van der Waals surface area (Å²) in [5.74, 6) is 2.77. The maximum absolute atomic E-state index is 10.7. The minimum atomic E-state index is -0.707. The van der Waals surface area contributed by atoms with E-state index in [1.54, 1.807) is 65.7 Å². The van der Waals surface area contributed by atoms with Gasteiger partial charge in [-0.2, -0.15) is 0 Å². The van der Waals surface area contributed by atoms with Crippen molar-refractivity contribution in [3.8, 4) is 90.8 Å². The number of likely N-dealkylation sites (N-methyl/N-ethyl adjacent to an activating group) is 4. The van der Waals surface area contributed by atoms with Crippen LogP contribution in [0.3, 0.4) is 0 Å². The summed E-state index contributed by atoms with van der Waals surface area (Å²) >= 11 is 0. The van der Waals surface area contributed by atoms with Gasteiger partial charge in [0.2, 0.25) is 0 Å². The Morgan fingerprint density at radius 3 is 0.754 bits per heavy atom. The van der Waals surface area contributed by atoms with Crippen LogP contribution in [0.5, 0.6) is 23.0 Å². The van der Waals surface area contributed by atoms with E-state index in [1.807, 2.05) is 152 Å². The molecule has 0 bridgehead atoms. The molecule has 0 aliphatic rings. The molecule has 0 unspecified atom stereocenters. The zero-order valence-corrected chi connectivity index (χ0v) is 71.8. The molecule has 118 heavy (non-hydrogen) atoms. The van der Waals surface area contributed by atoms with Gasteiger partial charge in [0, 0.05) is 142 Å². The van der Waals surface area contributed by atoms with Crippen molar-refractivity contribution in [2.45, 2.75) is 94.3 Å². The standard InChI is InChI=1S/C45H75B6N9O8.C39H57N9O2/c1-9-55(46(3)61)23-25-59(50(7)65)29-27-57(48(5)63)21-15-31-67-40-33-38(39-35-44(42-17-11-13-19-52-42)54-45(36-39)43-18-12-14-20-53-43)34-41(37-40)68-32-16-22-58(49(6)64)28-30-60(51(8)66)26-24-56(10-2)47(4)62;1-3-40-17-19-44-23-21-42-13-9-25-49-34-27-32(28-35(31-34)50-26-10-14-43-22-24-45-20-18-41-4-2)33-29-38(36-11-5-7-15-46-36)48-39(30-33)37-12-6-8-16-47-37/h11-14,17-20,33-37,61-66H,9-10,15-16,21-32H2,1-8H3;5-8,11-12,15-16,27-31,40-45H,3-4,9-10,13-14,17-26H2,1-2H3. The number of ether oxygens (including phenoxy) is 4. The lowest BCUT2D eigenvalue weighted by Crippen LogP contribution is -2.50. The molecule has 0 saturated heterocycles. The lowest BCUT2D eigenvalue weighted by Gasteiger charge is -2.31. The fraction of sp³-hybridized carbons (Fsp3) is 0.500. The maximum Gasteiger partial charge on any atom is 0.376 e. The molecule has 8 rings (SSSR count). The van der Waals surface area contributed by atoms with Crippen LogP contribution < -0.4 is 50.8 Å². The molecule has 0 radical (unpaired) electrons. The molecule has 6 aromatic heterocycles. The average molecular weight is 1620 g/mol. The molecule has 28 nitrogen and oxygen atoms in total. The zero-order chi connectivity index (χ0) is 84.5. The third-order valence-corrected chi connectivity index (χ3v) is 20.1. The lowest BCUT2D eigenvalue weighted by atomic mass is 9.82. The number of nitrogens with one attached hydrogen (secondary N) is 6. The van der Waals surface area contributed by atoms with Crippen LogP contribution >= 0.6 is 0 Å². The Kier molecular flexibility index (Phi) is 46.7. The summed E-state index contributed by atoms with van der Waals surface area (Å²) in [7, 11) is -3.93. The molecular weight excluding hydrogens is 1490 g/mol. The van der Waals surface area contributed by atoms with Crippen LogP contribution in [0.4, 0.5) is 0 Å². The van der Waals surface area contributed by atoms with Crippen molar-refractivity contribution < 1.29 is 49.1 Å². The first kappa shape index (κ1) is 97.3. The highest BCUT2D eigenvalue weighted by Gasteiger charge is 2.26. The Morgan fingerprint density at radius 2 is 0.508 bits per heavy atom. The molecule has 8 aromatic rings. The van der Waals surface area contributed by atoms with Crippen molar-refractivity contribution in [2.24, 2.45) is 0 Å². The van der Waals surface area contributed by atoms with Gasteiger partial charge < -0.3 is 110 Å². The first-order chi connectivity index (χ1) is 57.4. The monoisotopic (exact) mass is 1620 g/mol. The highest BCUT2D eigenvalue weighted by Crippen LogP contribution is 2.36. The van der Waals surface area contributed by atoms with Crippen molar-refractivity contribution in [2.75, 3.05) is 184 Å². The van der Waals surface area contributed by atoms with E-state index in [2.05, 4.69) is 89.9 Å². The number of hydrogen-bond donors (Lipinski definition) is 12. The molecule has 636 valence electrons. The van der Waals surface area contributed by atoms with E-state index in [1.165, 1.54) is 0 Å². The molecule has 0 atom stereocenters. The molecule has 0 aliphatic carbocycles. The highest BCUT2D eigenvalue weighted by atomic mass is 16.5. The molecule has 12 N–H and O–H groups in total. The van der Waals surface area contributed by atoms with Crippen LogP contribution in [0, 0.1) is 0 Å². The van der Waals surface area contributed by atoms with Crippen LogP contribution in [0.1, 0.15) is 53.4 Å². The van der Waals surface area contributed by atoms with Crippen LogP contribution in [-0.2, 0) is 0 Å². The van der Waals surface area contributed by atoms with Crippen molar-refractivity contribution in [3.05, 3.63) is 158 Å². The first-order valence-corrected chi connectivity index (χ1v) is 42.6. The van der Waals surface area contributed by atoms with E-state index < -0.39 is 42.3 Å². The fourth-order valence-corrected chi connectivity index (χ4v) is 13.2. The Bertz CT molecular complexity index is 3740. The van der Waals surface area contributed by atoms with E-state index in [4.69, 9.17) is 28.9 Å². The van der Waals surface area contributed by atoms with Gasteiger partial charge in [-0.15, -0.1) is 0 Å². The van der Waals surface area contributed by atoms with Gasteiger partial charge in [0.05, 0.1) is 72.0 Å². The van der Waals surface area contributed by atoms with Crippen LogP contribution in [0.2, 0.25) is 40.9 Å². The average Bonchev–Trinajstić information content (AvgIpc) is 0.801. The number of pyridine rings is 6. The summed E-state index contributed by atoms with van der Waals surface area (Å²) in [6, 6.07) is 43.3. The predicted molar refractivity (Wildman–Crippen MR) is 485 cm³/mol. The number of aromatic nitrogens is 6. The van der Waals surface area contributed by atoms with Crippen molar-refractivity contribution in [3.63, 3.8) is 0 Å². The van der Waals surface area contributed by atoms with E-state index in [0.29, 0.717) is 141 Å². The Hall–Kier alpha value is -7.79. The van der Waals surface area contributed by atoms with E-state index in [9.17, 15) is 30.1 Å². The minimum absolute atomic E-state index is 0.364. The minimum Gasteiger partial charge on any atom is -0.493 e. The number of rotatable bonds is 60. The van der Waals surface area contributed by atoms with E-state index in [0.717, 1.165) is 159 Å². The Balaban J connectivity index is 0.000000341. The van der Waals surface area contributed by atoms with Crippen LogP contribution in [0.15, 0.2) is 158 Å². The smallest absolute Gasteiger partial charge is 0.376 e. The third-order valence-electron chi connectivity index (χ3n) is 20.1. The van der Waals surface area contributed by atoms with Crippen molar-refractivity contribution in [1.29, 1.82) is 0 Å². The zero-order valence-electron chi connectivity index (χ0n) is 71.8. The van der Waals surface area contributed by atoms with Crippen LogP contribution in [-0.4, -0.2) is 315 Å². The maximum atomic E-state index is 10.7. The van der Waals surface area contributed by atoms with Gasteiger partial charge in [0.25, 0.3) is 0 Å². The topological polar surface area (TPSA) is 327 Å². The Labute approximate surface area is 705 Å². The summed E-state index contributed by atoms with van der Waals surface area (Å²) in [6.07, 6.45) is 10.1. The molecule has 0 fully saturated rings. The van der Waals surface area contributed by atoms with Gasteiger partial charge in [0.15, 0.2) is 0 Å². The van der Waals surface area contributed by atoms with Gasteiger partial charge in [-0.05, 0) is 238 Å². The molecule has 0 aliphatic heterocycles. The predicted octanol–water partition coefficient (Wildman–Crippen LogP) is 6.91.